The number of unbranched alkanes of at least 4 members (excludes halogenated alkanes) is 26. The Hall–Kier alpha value is -1.25. The summed E-state index contributed by atoms with van der Waals surface area (Å²) in [5, 5.41) is 0. The number of hydrogen-bond acceptors (Lipinski definition) is 8. The lowest BCUT2D eigenvalue weighted by molar-refractivity contribution is -0.161. The molecule has 0 fully saturated rings. The Kier molecular flexibility index (Phi) is 38.5. The molecule has 9 nitrogen and oxygen atoms in total. The van der Waals surface area contributed by atoms with Crippen molar-refractivity contribution < 1.29 is 37.6 Å². The Morgan fingerprint density at radius 3 is 1.37 bits per heavy atom. The molecule has 0 heterocycles. The molecule has 0 bridgehead atoms. The normalized spacial score (nSPS) is 13.4. The SMILES string of the molecule is CCCCCCCC/C=C\CCCCCCCC(=O)OC(COC(=O)CCCCCCCCCCCCCCCCCC)COP(=O)(O)OCCN. The number of allylic oxidation sites excluding steroid dienone is 2. The molecule has 0 spiro atoms. The van der Waals surface area contributed by atoms with Gasteiger partial charge >= 0.3 is 19.8 Å². The molecule has 0 aliphatic rings. The lowest BCUT2D eigenvalue weighted by Gasteiger charge is -2.19. The Labute approximate surface area is 319 Å². The molecular weight excluding hydrogens is 677 g/mol. The number of ether oxygens (including phenoxy) is 2. The number of rotatable bonds is 41. The second-order valence-electron chi connectivity index (χ2n) is 14.6. The number of hydrogen-bond donors (Lipinski definition) is 2. The Morgan fingerprint density at radius 1 is 0.558 bits per heavy atom. The molecule has 3 N–H and O–H groups in total. The van der Waals surface area contributed by atoms with Crippen LogP contribution in [0.25, 0.3) is 0 Å². The van der Waals surface area contributed by atoms with Gasteiger partial charge in [0, 0.05) is 19.4 Å². The van der Waals surface area contributed by atoms with Crippen LogP contribution in [0, 0.1) is 0 Å². The van der Waals surface area contributed by atoms with Crippen molar-refractivity contribution in [1.82, 2.24) is 0 Å². The maximum absolute atomic E-state index is 12.6. The van der Waals surface area contributed by atoms with E-state index in [2.05, 4.69) is 26.0 Å². The highest BCUT2D eigenvalue weighted by Gasteiger charge is 2.26. The van der Waals surface area contributed by atoms with E-state index in [1.165, 1.54) is 128 Å². The summed E-state index contributed by atoms with van der Waals surface area (Å²) in [5.74, 6) is -0.828. The molecule has 0 aromatic carbocycles. The fourth-order valence-electron chi connectivity index (χ4n) is 6.16. The summed E-state index contributed by atoms with van der Waals surface area (Å²) in [6.07, 6.45) is 39.5. The molecule has 0 rings (SSSR count). The predicted octanol–water partition coefficient (Wildman–Crippen LogP) is 12.2. The third-order valence-corrected chi connectivity index (χ3v) is 10.4. The van der Waals surface area contributed by atoms with Crippen molar-refractivity contribution in [3.8, 4) is 0 Å². The Morgan fingerprint density at radius 2 is 0.942 bits per heavy atom. The van der Waals surface area contributed by atoms with Crippen LogP contribution in [0.4, 0.5) is 0 Å². The quantitative estimate of drug-likeness (QED) is 0.0270. The molecule has 52 heavy (non-hydrogen) atoms. The molecule has 0 aromatic heterocycles. The number of nitrogens with two attached hydrogens (primary N) is 1. The highest BCUT2D eigenvalue weighted by molar-refractivity contribution is 7.47. The van der Waals surface area contributed by atoms with Gasteiger partial charge in [-0.05, 0) is 38.5 Å². The summed E-state index contributed by atoms with van der Waals surface area (Å²) in [5.41, 5.74) is 5.34. The molecule has 0 aromatic rings. The second kappa shape index (κ2) is 39.4. The van der Waals surface area contributed by atoms with Gasteiger partial charge in [0.1, 0.15) is 6.61 Å². The lowest BCUT2D eigenvalue weighted by atomic mass is 10.0. The van der Waals surface area contributed by atoms with E-state index in [9.17, 15) is 19.0 Å². The summed E-state index contributed by atoms with van der Waals surface area (Å²) in [7, 11) is -4.37. The van der Waals surface area contributed by atoms with Crippen LogP contribution in [-0.4, -0.2) is 49.3 Å². The van der Waals surface area contributed by atoms with Crippen LogP contribution in [0.1, 0.15) is 213 Å². The molecule has 308 valence electrons. The first kappa shape index (κ1) is 50.8. The van der Waals surface area contributed by atoms with Crippen molar-refractivity contribution in [2.45, 2.75) is 219 Å². The van der Waals surface area contributed by atoms with Crippen molar-refractivity contribution in [1.29, 1.82) is 0 Å². The topological polar surface area (TPSA) is 134 Å². The molecule has 0 radical (unpaired) electrons. The molecule has 2 unspecified atom stereocenters. The first-order valence-electron chi connectivity index (χ1n) is 21.7. The van der Waals surface area contributed by atoms with E-state index in [-0.39, 0.29) is 38.6 Å². The van der Waals surface area contributed by atoms with E-state index in [4.69, 9.17) is 24.3 Å². The van der Waals surface area contributed by atoms with Crippen LogP contribution in [0.5, 0.6) is 0 Å². The van der Waals surface area contributed by atoms with Gasteiger partial charge in [-0.25, -0.2) is 4.57 Å². The van der Waals surface area contributed by atoms with E-state index in [1.807, 2.05) is 0 Å². The third-order valence-electron chi connectivity index (χ3n) is 9.40. The average Bonchev–Trinajstić information content (AvgIpc) is 3.13. The van der Waals surface area contributed by atoms with E-state index in [1.54, 1.807) is 0 Å². The smallest absolute Gasteiger partial charge is 0.462 e. The third kappa shape index (κ3) is 38.5. The van der Waals surface area contributed by atoms with Crippen LogP contribution in [0.2, 0.25) is 0 Å². The zero-order valence-corrected chi connectivity index (χ0v) is 34.7. The van der Waals surface area contributed by atoms with Gasteiger partial charge in [0.25, 0.3) is 0 Å². The maximum atomic E-state index is 12.6. The molecule has 0 saturated heterocycles. The minimum absolute atomic E-state index is 0.0548. The summed E-state index contributed by atoms with van der Waals surface area (Å²) < 4.78 is 32.8. The minimum Gasteiger partial charge on any atom is -0.462 e. The van der Waals surface area contributed by atoms with Gasteiger partial charge in [0.2, 0.25) is 0 Å². The van der Waals surface area contributed by atoms with E-state index in [0.29, 0.717) is 6.42 Å². The van der Waals surface area contributed by atoms with Gasteiger partial charge < -0.3 is 20.1 Å². The highest BCUT2D eigenvalue weighted by Crippen LogP contribution is 2.43. The number of phosphoric acid groups is 1. The average molecular weight is 760 g/mol. The Bertz CT molecular complexity index is 871. The Balaban J connectivity index is 4.13. The fraction of sp³-hybridized carbons (Fsp3) is 0.905. The van der Waals surface area contributed by atoms with Gasteiger partial charge in [0.15, 0.2) is 6.10 Å². The first-order valence-corrected chi connectivity index (χ1v) is 23.2. The zero-order valence-electron chi connectivity index (χ0n) is 33.8. The van der Waals surface area contributed by atoms with Crippen molar-refractivity contribution >= 4 is 19.8 Å². The van der Waals surface area contributed by atoms with Crippen LogP contribution in [0.3, 0.4) is 0 Å². The monoisotopic (exact) mass is 760 g/mol. The predicted molar refractivity (Wildman–Crippen MR) is 215 cm³/mol. The van der Waals surface area contributed by atoms with Crippen LogP contribution < -0.4 is 5.73 Å². The molecule has 0 aliphatic carbocycles. The zero-order chi connectivity index (χ0) is 38.2. The van der Waals surface area contributed by atoms with Gasteiger partial charge in [-0.3, -0.25) is 18.6 Å². The van der Waals surface area contributed by atoms with Gasteiger partial charge in [-0.1, -0.05) is 174 Å². The number of esters is 2. The summed E-state index contributed by atoms with van der Waals surface area (Å²) in [6, 6.07) is 0. The largest absolute Gasteiger partial charge is 0.472 e. The van der Waals surface area contributed by atoms with Crippen LogP contribution >= 0.6 is 7.82 Å². The molecule has 0 aliphatic heterocycles. The summed E-state index contributed by atoms with van der Waals surface area (Å²) in [4.78, 5) is 34.8. The number of carbonyl (C=O) groups is 2. The van der Waals surface area contributed by atoms with Crippen molar-refractivity contribution in [3.63, 3.8) is 0 Å². The molecule has 0 amide bonds. The van der Waals surface area contributed by atoms with Crippen molar-refractivity contribution in [3.05, 3.63) is 12.2 Å². The van der Waals surface area contributed by atoms with E-state index >= 15 is 0 Å². The fourth-order valence-corrected chi connectivity index (χ4v) is 6.92. The van der Waals surface area contributed by atoms with Gasteiger partial charge in [-0.2, -0.15) is 0 Å². The molecule has 10 heteroatoms. The van der Waals surface area contributed by atoms with Gasteiger partial charge in [-0.15, -0.1) is 0 Å². The molecule has 2 atom stereocenters. The highest BCUT2D eigenvalue weighted by atomic mass is 31.2. The number of carbonyl (C=O) groups excluding carboxylic acids is 2. The summed E-state index contributed by atoms with van der Waals surface area (Å²) in [6.45, 7) is 3.74. The second-order valence-corrected chi connectivity index (χ2v) is 16.0. The van der Waals surface area contributed by atoms with E-state index in [0.717, 1.165) is 51.4 Å². The number of phosphoric ester groups is 1. The maximum Gasteiger partial charge on any atom is 0.472 e. The molecular formula is C42H82NO8P. The standard InChI is InChI=1S/C42H82NO8P/c1-3-5-7-9-11-13-15-17-19-21-22-24-26-28-30-32-34-41(44)48-38-40(39-50-52(46,47)49-37-36-43)51-42(45)35-33-31-29-27-25-23-20-18-16-14-12-10-8-6-4-2/h18,20,40H,3-17,19,21-39,43H2,1-2H3,(H,46,47)/b20-18-. The van der Waals surface area contributed by atoms with Crippen LogP contribution in [0.15, 0.2) is 12.2 Å². The molecule has 0 saturated carbocycles. The first-order chi connectivity index (χ1) is 25.3. The van der Waals surface area contributed by atoms with Gasteiger partial charge in [0.05, 0.1) is 13.2 Å². The van der Waals surface area contributed by atoms with Crippen molar-refractivity contribution in [2.24, 2.45) is 5.73 Å². The van der Waals surface area contributed by atoms with Crippen LogP contribution in [-0.2, 0) is 32.7 Å². The summed E-state index contributed by atoms with van der Waals surface area (Å²) >= 11 is 0. The minimum atomic E-state index is -4.37. The van der Waals surface area contributed by atoms with Crippen molar-refractivity contribution in [2.75, 3.05) is 26.4 Å². The van der Waals surface area contributed by atoms with E-state index < -0.39 is 26.5 Å². The lowest BCUT2D eigenvalue weighted by Crippen LogP contribution is -2.29.